The Bertz CT molecular complexity index is 537. The summed E-state index contributed by atoms with van der Waals surface area (Å²) >= 11 is 0. The van der Waals surface area contributed by atoms with Crippen LogP contribution in [-0.2, 0) is 9.53 Å². The van der Waals surface area contributed by atoms with Crippen molar-refractivity contribution in [3.63, 3.8) is 0 Å². The van der Waals surface area contributed by atoms with Gasteiger partial charge in [0.15, 0.2) is 0 Å². The van der Waals surface area contributed by atoms with Crippen molar-refractivity contribution < 1.29 is 14.5 Å². The minimum Gasteiger partial charge on any atom is -0.462 e. The van der Waals surface area contributed by atoms with Crippen molar-refractivity contribution in [1.29, 1.82) is 0 Å². The van der Waals surface area contributed by atoms with E-state index in [2.05, 4.69) is 15.0 Å². The number of hydrogen-bond acceptors (Lipinski definition) is 7. The lowest BCUT2D eigenvalue weighted by Crippen LogP contribution is -2.43. The average molecular weight is 324 g/mol. The molecule has 8 nitrogen and oxygen atoms in total. The molecule has 23 heavy (non-hydrogen) atoms. The first kappa shape index (κ1) is 18.7. The Kier molecular flexibility index (Phi) is 6.77. The zero-order valence-corrected chi connectivity index (χ0v) is 13.7. The van der Waals surface area contributed by atoms with Crippen LogP contribution in [0.3, 0.4) is 0 Å². The van der Waals surface area contributed by atoms with Gasteiger partial charge in [-0.05, 0) is 32.9 Å². The number of carbonyl (C=O) groups is 1. The third-order valence-corrected chi connectivity index (χ3v) is 3.09. The van der Waals surface area contributed by atoms with Gasteiger partial charge in [-0.15, -0.1) is 0 Å². The van der Waals surface area contributed by atoms with Gasteiger partial charge in [0, 0.05) is 37.9 Å². The van der Waals surface area contributed by atoms with E-state index in [0.29, 0.717) is 6.47 Å². The first-order valence-corrected chi connectivity index (χ1v) is 7.35. The summed E-state index contributed by atoms with van der Waals surface area (Å²) in [4.78, 5) is 21.9. The fourth-order valence-corrected chi connectivity index (χ4v) is 1.97. The zero-order valence-electron chi connectivity index (χ0n) is 13.7. The number of hydrogen-bond donors (Lipinski definition) is 2. The number of nitrogen functional groups attached to an aromatic ring is 1. The van der Waals surface area contributed by atoms with E-state index >= 15 is 0 Å². The van der Waals surface area contributed by atoms with E-state index < -0.39 is 4.92 Å². The van der Waals surface area contributed by atoms with E-state index in [1.54, 1.807) is 12.1 Å². The van der Waals surface area contributed by atoms with Gasteiger partial charge in [0.2, 0.25) is 0 Å². The molecule has 1 aromatic carbocycles. The maximum atomic E-state index is 10.6. The van der Waals surface area contributed by atoms with Gasteiger partial charge >= 0.3 is 0 Å². The van der Waals surface area contributed by atoms with E-state index in [1.807, 2.05) is 20.8 Å². The lowest BCUT2D eigenvalue weighted by molar-refractivity contribution is -0.383. The number of nitro groups is 1. The van der Waals surface area contributed by atoms with Crippen LogP contribution in [-0.4, -0.2) is 43.2 Å². The molecule has 1 aromatic rings. The highest BCUT2D eigenvalue weighted by molar-refractivity contribution is 5.66. The number of nitrogens with one attached hydrogen (secondary N) is 1. The fraction of sp³-hybridized carbons (Fsp3) is 0.533. The molecular formula is C15H24N4O4. The molecule has 1 aliphatic heterocycles. The normalized spacial score (nSPS) is 14.5. The van der Waals surface area contributed by atoms with Gasteiger partial charge in [-0.3, -0.25) is 14.9 Å². The van der Waals surface area contributed by atoms with Crippen LogP contribution in [0, 0.1) is 10.1 Å². The van der Waals surface area contributed by atoms with E-state index in [0.717, 1.165) is 31.9 Å². The van der Waals surface area contributed by atoms with Crippen LogP contribution in [0.4, 0.5) is 17.1 Å². The number of rotatable bonds is 3. The molecule has 0 bridgehead atoms. The number of anilines is 2. The fourth-order valence-electron chi connectivity index (χ4n) is 1.97. The number of nitrogens with two attached hydrogens (primary N) is 1. The van der Waals surface area contributed by atoms with Crippen LogP contribution in [0.15, 0.2) is 18.2 Å². The molecule has 0 amide bonds. The number of nitro benzene ring substituents is 1. The van der Waals surface area contributed by atoms with E-state index in [4.69, 9.17) is 5.73 Å². The predicted octanol–water partition coefficient (Wildman–Crippen LogP) is 1.54. The molecule has 0 aromatic heterocycles. The Balaban J connectivity index is 0.000000322. The van der Waals surface area contributed by atoms with Crippen molar-refractivity contribution in [3.05, 3.63) is 28.3 Å². The van der Waals surface area contributed by atoms with Crippen LogP contribution in [0.2, 0.25) is 0 Å². The van der Waals surface area contributed by atoms with Gasteiger partial charge in [-0.2, -0.15) is 0 Å². The topological polar surface area (TPSA) is 111 Å². The number of carbonyl (C=O) groups excluding carboxylic acids is 1. The SMILES string of the molecule is CC(C)(C)OC=O.Nc1cc(N2CCNCC2)ccc1[N+](=O)[O-]. The second kappa shape index (κ2) is 8.33. The van der Waals surface area contributed by atoms with Crippen LogP contribution >= 0.6 is 0 Å². The van der Waals surface area contributed by atoms with Gasteiger partial charge in [-0.1, -0.05) is 0 Å². The van der Waals surface area contributed by atoms with Gasteiger partial charge in [0.05, 0.1) is 4.92 Å². The summed E-state index contributed by atoms with van der Waals surface area (Å²) in [5.41, 5.74) is 6.47. The van der Waals surface area contributed by atoms with Crippen molar-refractivity contribution in [1.82, 2.24) is 5.32 Å². The second-order valence-corrected chi connectivity index (χ2v) is 6.06. The van der Waals surface area contributed by atoms with Crippen molar-refractivity contribution in [2.75, 3.05) is 36.8 Å². The Hall–Kier alpha value is -2.35. The maximum absolute atomic E-state index is 10.6. The van der Waals surface area contributed by atoms with Crippen molar-refractivity contribution in [3.8, 4) is 0 Å². The summed E-state index contributed by atoms with van der Waals surface area (Å²) in [5, 5.41) is 13.9. The third-order valence-electron chi connectivity index (χ3n) is 3.09. The number of nitrogens with zero attached hydrogens (tertiary/aromatic N) is 2. The third kappa shape index (κ3) is 6.52. The summed E-state index contributed by atoms with van der Waals surface area (Å²) in [6, 6.07) is 4.88. The van der Waals surface area contributed by atoms with Gasteiger partial charge < -0.3 is 20.7 Å². The van der Waals surface area contributed by atoms with Crippen molar-refractivity contribution >= 4 is 23.5 Å². The quantitative estimate of drug-likeness (QED) is 0.375. The minimum atomic E-state index is -0.461. The van der Waals surface area contributed by atoms with E-state index in [-0.39, 0.29) is 17.0 Å². The maximum Gasteiger partial charge on any atom is 0.293 e. The summed E-state index contributed by atoms with van der Waals surface area (Å²) in [6.07, 6.45) is 0. The van der Waals surface area contributed by atoms with Gasteiger partial charge in [0.1, 0.15) is 11.3 Å². The predicted molar refractivity (Wildman–Crippen MR) is 89.5 cm³/mol. The zero-order chi connectivity index (χ0) is 17.5. The van der Waals surface area contributed by atoms with Gasteiger partial charge in [0.25, 0.3) is 12.2 Å². The van der Waals surface area contributed by atoms with Crippen LogP contribution in [0.25, 0.3) is 0 Å². The molecular weight excluding hydrogens is 300 g/mol. The average Bonchev–Trinajstić information content (AvgIpc) is 2.47. The molecule has 0 atom stereocenters. The smallest absolute Gasteiger partial charge is 0.293 e. The van der Waals surface area contributed by atoms with Crippen molar-refractivity contribution in [2.24, 2.45) is 0 Å². The monoisotopic (exact) mass is 324 g/mol. The lowest BCUT2D eigenvalue weighted by atomic mass is 10.2. The molecule has 0 radical (unpaired) electrons. The Morgan fingerprint density at radius 1 is 1.35 bits per heavy atom. The highest BCUT2D eigenvalue weighted by Gasteiger charge is 2.15. The molecule has 0 unspecified atom stereocenters. The van der Waals surface area contributed by atoms with E-state index in [9.17, 15) is 14.9 Å². The summed E-state index contributed by atoms with van der Waals surface area (Å²) < 4.78 is 4.55. The Morgan fingerprint density at radius 2 is 1.96 bits per heavy atom. The summed E-state index contributed by atoms with van der Waals surface area (Å²) in [6.45, 7) is 9.58. The van der Waals surface area contributed by atoms with Crippen molar-refractivity contribution in [2.45, 2.75) is 26.4 Å². The second-order valence-electron chi connectivity index (χ2n) is 6.06. The number of piperazine rings is 1. The molecule has 0 saturated carbocycles. The highest BCUT2D eigenvalue weighted by Crippen LogP contribution is 2.26. The summed E-state index contributed by atoms with van der Waals surface area (Å²) in [7, 11) is 0. The largest absolute Gasteiger partial charge is 0.462 e. The molecule has 8 heteroatoms. The van der Waals surface area contributed by atoms with E-state index in [1.165, 1.54) is 6.07 Å². The first-order valence-electron chi connectivity index (χ1n) is 7.35. The summed E-state index contributed by atoms with van der Waals surface area (Å²) in [5.74, 6) is 0. The van der Waals surface area contributed by atoms with Crippen LogP contribution in [0.1, 0.15) is 20.8 Å². The minimum absolute atomic E-state index is 0.0288. The molecule has 1 aliphatic rings. The van der Waals surface area contributed by atoms with Crippen LogP contribution in [0.5, 0.6) is 0 Å². The first-order chi connectivity index (χ1) is 10.7. The number of ether oxygens (including phenoxy) is 1. The van der Waals surface area contributed by atoms with Gasteiger partial charge in [-0.25, -0.2) is 0 Å². The standard InChI is InChI=1S/C10H14N4O2.C5H10O2/c11-9-7-8(1-2-10(9)14(15)16)13-5-3-12-4-6-13;1-5(2,3)7-4-6/h1-2,7,12H,3-6,11H2;4H,1-3H3. The molecule has 1 fully saturated rings. The Labute approximate surface area is 135 Å². The molecule has 0 aliphatic carbocycles. The Morgan fingerprint density at radius 3 is 2.35 bits per heavy atom. The number of benzene rings is 1. The van der Waals surface area contributed by atoms with Crippen LogP contribution < -0.4 is 16.0 Å². The molecule has 128 valence electrons. The molecule has 0 spiro atoms. The molecule has 1 saturated heterocycles. The molecule has 3 N–H and O–H groups in total. The molecule has 1 heterocycles. The highest BCUT2D eigenvalue weighted by atomic mass is 16.6. The lowest BCUT2D eigenvalue weighted by Gasteiger charge is -2.29. The molecule has 2 rings (SSSR count).